The van der Waals surface area contributed by atoms with Gasteiger partial charge in [-0.15, -0.1) is 11.3 Å². The molecular weight excluding hydrogens is 272 g/mol. The van der Waals surface area contributed by atoms with E-state index in [4.69, 9.17) is 9.47 Å². The summed E-state index contributed by atoms with van der Waals surface area (Å²) in [5.41, 5.74) is 0.471. The quantitative estimate of drug-likeness (QED) is 0.937. The van der Waals surface area contributed by atoms with Gasteiger partial charge in [-0.3, -0.25) is 0 Å². The summed E-state index contributed by atoms with van der Waals surface area (Å²) in [7, 11) is 0. The summed E-state index contributed by atoms with van der Waals surface area (Å²) >= 11 is 1.68. The van der Waals surface area contributed by atoms with Gasteiger partial charge in [0.25, 0.3) is 0 Å². The highest BCUT2D eigenvalue weighted by Crippen LogP contribution is 2.41. The molecule has 4 heteroatoms. The average molecular weight is 292 g/mol. The monoisotopic (exact) mass is 292 g/mol. The molecular formula is C16H20O3S. The average Bonchev–Trinajstić information content (AvgIpc) is 2.96. The Morgan fingerprint density at radius 2 is 2.15 bits per heavy atom. The summed E-state index contributed by atoms with van der Waals surface area (Å²) in [5.74, 6) is 0. The minimum atomic E-state index is -0.603. The predicted octanol–water partition coefficient (Wildman–Crippen LogP) is 3.52. The number of thiophene rings is 1. The van der Waals surface area contributed by atoms with Crippen LogP contribution in [0.1, 0.15) is 31.4 Å². The Morgan fingerprint density at radius 3 is 2.90 bits per heavy atom. The van der Waals surface area contributed by atoms with Gasteiger partial charge < -0.3 is 14.6 Å². The van der Waals surface area contributed by atoms with Crippen LogP contribution in [0.15, 0.2) is 29.6 Å². The number of hydrogen-bond donors (Lipinski definition) is 1. The molecule has 0 aliphatic carbocycles. The highest BCUT2D eigenvalue weighted by Gasteiger charge is 2.41. The van der Waals surface area contributed by atoms with Gasteiger partial charge >= 0.3 is 0 Å². The molecule has 0 spiro atoms. The second-order valence-electron chi connectivity index (χ2n) is 5.20. The fourth-order valence-electron chi connectivity index (χ4n) is 3.02. The first-order chi connectivity index (χ1) is 9.77. The van der Waals surface area contributed by atoms with Crippen LogP contribution in [-0.4, -0.2) is 30.5 Å². The molecule has 1 aliphatic heterocycles. The highest BCUT2D eigenvalue weighted by molar-refractivity contribution is 7.17. The predicted molar refractivity (Wildman–Crippen MR) is 81.2 cm³/mol. The molecule has 2 heterocycles. The van der Waals surface area contributed by atoms with E-state index in [1.165, 1.54) is 5.39 Å². The van der Waals surface area contributed by atoms with Gasteiger partial charge in [0, 0.05) is 42.9 Å². The van der Waals surface area contributed by atoms with E-state index >= 15 is 0 Å². The molecule has 3 nitrogen and oxygen atoms in total. The molecule has 1 N–H and O–H groups in total. The summed E-state index contributed by atoms with van der Waals surface area (Å²) in [6, 6.07) is 8.19. The first-order valence-corrected chi connectivity index (χ1v) is 8.01. The molecule has 0 amide bonds. The number of aliphatic hydroxyl groups excluding tert-OH is 1. The van der Waals surface area contributed by atoms with Crippen molar-refractivity contribution in [3.63, 3.8) is 0 Å². The van der Waals surface area contributed by atoms with Gasteiger partial charge in [-0.1, -0.05) is 18.2 Å². The van der Waals surface area contributed by atoms with E-state index in [1.54, 1.807) is 11.3 Å². The standard InChI is InChI=1S/C16H20O3S/c1-2-19-16(7-9-18-10-8-16)15(17)13-5-3-4-12-6-11-20-14(12)13/h3-6,11,15,17H,2,7-10H2,1H3. The van der Waals surface area contributed by atoms with E-state index in [-0.39, 0.29) is 0 Å². The third-order valence-electron chi connectivity index (χ3n) is 4.07. The van der Waals surface area contributed by atoms with E-state index in [2.05, 4.69) is 17.5 Å². The van der Waals surface area contributed by atoms with Crippen molar-refractivity contribution in [1.82, 2.24) is 0 Å². The molecule has 1 aromatic carbocycles. The number of hydrogen-bond acceptors (Lipinski definition) is 4. The molecule has 20 heavy (non-hydrogen) atoms. The zero-order valence-corrected chi connectivity index (χ0v) is 12.5. The van der Waals surface area contributed by atoms with Crippen molar-refractivity contribution in [3.8, 4) is 0 Å². The van der Waals surface area contributed by atoms with Crippen molar-refractivity contribution in [3.05, 3.63) is 35.2 Å². The van der Waals surface area contributed by atoms with Gasteiger partial charge in [-0.2, -0.15) is 0 Å². The maximum atomic E-state index is 11.0. The van der Waals surface area contributed by atoms with E-state index in [9.17, 15) is 5.11 Å². The Morgan fingerprint density at radius 1 is 1.35 bits per heavy atom. The van der Waals surface area contributed by atoms with Gasteiger partial charge in [0.15, 0.2) is 0 Å². The largest absolute Gasteiger partial charge is 0.385 e. The maximum absolute atomic E-state index is 11.0. The number of rotatable bonds is 4. The van der Waals surface area contributed by atoms with E-state index in [0.717, 1.165) is 23.1 Å². The molecule has 1 unspecified atom stereocenters. The number of ether oxygens (including phenoxy) is 2. The molecule has 108 valence electrons. The van der Waals surface area contributed by atoms with E-state index in [1.807, 2.05) is 19.1 Å². The topological polar surface area (TPSA) is 38.7 Å². The molecule has 1 saturated heterocycles. The molecule has 0 saturated carbocycles. The van der Waals surface area contributed by atoms with Gasteiger partial charge in [-0.05, 0) is 23.8 Å². The molecule has 1 aromatic heterocycles. The van der Waals surface area contributed by atoms with Crippen molar-refractivity contribution in [1.29, 1.82) is 0 Å². The zero-order chi connectivity index (χ0) is 14.0. The summed E-state index contributed by atoms with van der Waals surface area (Å²) < 4.78 is 12.6. The molecule has 1 aliphatic rings. The van der Waals surface area contributed by atoms with Crippen LogP contribution in [0.3, 0.4) is 0 Å². The van der Waals surface area contributed by atoms with Crippen LogP contribution in [0.4, 0.5) is 0 Å². The third kappa shape index (κ3) is 2.37. The minimum Gasteiger partial charge on any atom is -0.385 e. The summed E-state index contributed by atoms with van der Waals surface area (Å²) in [5, 5.41) is 14.2. The number of aliphatic hydroxyl groups is 1. The molecule has 0 radical (unpaired) electrons. The maximum Gasteiger partial charge on any atom is 0.109 e. The number of fused-ring (bicyclic) bond motifs is 1. The highest BCUT2D eigenvalue weighted by atomic mass is 32.1. The van der Waals surface area contributed by atoms with Gasteiger partial charge in [-0.25, -0.2) is 0 Å². The number of benzene rings is 1. The molecule has 0 bridgehead atoms. The van der Waals surface area contributed by atoms with Crippen molar-refractivity contribution in [2.24, 2.45) is 0 Å². The summed E-state index contributed by atoms with van der Waals surface area (Å²) in [6.45, 7) is 3.89. The van der Waals surface area contributed by atoms with Crippen molar-refractivity contribution >= 4 is 21.4 Å². The second-order valence-corrected chi connectivity index (χ2v) is 6.12. The first-order valence-electron chi connectivity index (χ1n) is 7.13. The third-order valence-corrected chi connectivity index (χ3v) is 5.05. The Bertz CT molecular complexity index is 566. The van der Waals surface area contributed by atoms with Crippen molar-refractivity contribution < 1.29 is 14.6 Å². The lowest BCUT2D eigenvalue weighted by atomic mass is 9.84. The van der Waals surface area contributed by atoms with Crippen LogP contribution < -0.4 is 0 Å². The first kappa shape index (κ1) is 14.0. The fraction of sp³-hybridized carbons (Fsp3) is 0.500. The minimum absolute atomic E-state index is 0.509. The lowest BCUT2D eigenvalue weighted by Crippen LogP contribution is -2.44. The van der Waals surface area contributed by atoms with Crippen LogP contribution in [-0.2, 0) is 9.47 Å². The lowest BCUT2D eigenvalue weighted by Gasteiger charge is -2.40. The molecule has 2 aromatic rings. The van der Waals surface area contributed by atoms with Gasteiger partial charge in [0.05, 0.1) is 0 Å². The second kappa shape index (κ2) is 5.82. The van der Waals surface area contributed by atoms with Crippen LogP contribution in [0, 0.1) is 0 Å². The van der Waals surface area contributed by atoms with Gasteiger partial charge in [0.2, 0.25) is 0 Å². The lowest BCUT2D eigenvalue weighted by molar-refractivity contribution is -0.167. The van der Waals surface area contributed by atoms with Crippen LogP contribution >= 0.6 is 11.3 Å². The normalized spacial score (nSPS) is 20.1. The Labute approximate surface area is 123 Å². The van der Waals surface area contributed by atoms with Crippen LogP contribution in [0.25, 0.3) is 10.1 Å². The molecule has 1 fully saturated rings. The molecule has 3 rings (SSSR count). The Kier molecular flexibility index (Phi) is 4.08. The van der Waals surface area contributed by atoms with E-state index in [0.29, 0.717) is 19.8 Å². The van der Waals surface area contributed by atoms with Gasteiger partial charge in [0.1, 0.15) is 11.7 Å². The smallest absolute Gasteiger partial charge is 0.109 e. The van der Waals surface area contributed by atoms with Crippen LogP contribution in [0.5, 0.6) is 0 Å². The van der Waals surface area contributed by atoms with Crippen molar-refractivity contribution in [2.75, 3.05) is 19.8 Å². The van der Waals surface area contributed by atoms with Crippen molar-refractivity contribution in [2.45, 2.75) is 31.5 Å². The zero-order valence-electron chi connectivity index (χ0n) is 11.7. The SMILES string of the molecule is CCOC1(C(O)c2cccc3ccsc23)CCOCC1. The fourth-order valence-corrected chi connectivity index (χ4v) is 3.95. The summed E-state index contributed by atoms with van der Waals surface area (Å²) in [4.78, 5) is 0. The Balaban J connectivity index is 2.00. The molecule has 1 atom stereocenters. The summed E-state index contributed by atoms with van der Waals surface area (Å²) in [6.07, 6.45) is 0.877. The van der Waals surface area contributed by atoms with E-state index < -0.39 is 11.7 Å². The van der Waals surface area contributed by atoms with Crippen LogP contribution in [0.2, 0.25) is 0 Å². The Hall–Kier alpha value is -0.940.